The first-order valence-corrected chi connectivity index (χ1v) is 10.2. The Bertz CT molecular complexity index is 1050. The fourth-order valence-corrected chi connectivity index (χ4v) is 3.55. The maximum absolute atomic E-state index is 12.6. The van der Waals surface area contributed by atoms with E-state index in [0.717, 1.165) is 16.7 Å². The number of amides is 4. The predicted molar refractivity (Wildman–Crippen MR) is 117 cm³/mol. The molecule has 0 aromatic heterocycles. The van der Waals surface area contributed by atoms with E-state index >= 15 is 0 Å². The number of nitrogens with one attached hydrogen (secondary N) is 2. The summed E-state index contributed by atoms with van der Waals surface area (Å²) in [5.41, 5.74) is 3.24. The van der Waals surface area contributed by atoms with Crippen molar-refractivity contribution in [3.63, 3.8) is 0 Å². The smallest absolute Gasteiger partial charge is 0.324 e. The Morgan fingerprint density at radius 2 is 1.52 bits per heavy atom. The summed E-state index contributed by atoms with van der Waals surface area (Å²) < 4.78 is 0. The quantitative estimate of drug-likeness (QED) is 0.645. The first-order valence-electron chi connectivity index (χ1n) is 10.2. The van der Waals surface area contributed by atoms with Crippen LogP contribution in [0.1, 0.15) is 39.5 Å². The highest BCUT2D eigenvalue weighted by molar-refractivity contribution is 5.97. The normalized spacial score (nSPS) is 16.0. The molecule has 1 aliphatic rings. The Hall–Kier alpha value is -3.93. The molecule has 6 nitrogen and oxygen atoms in total. The minimum Gasteiger partial charge on any atom is -0.348 e. The van der Waals surface area contributed by atoms with E-state index in [2.05, 4.69) is 10.6 Å². The molecule has 3 aromatic rings. The average molecular weight is 413 g/mol. The van der Waals surface area contributed by atoms with Crippen molar-refractivity contribution in [3.8, 4) is 0 Å². The van der Waals surface area contributed by atoms with Gasteiger partial charge in [0, 0.05) is 12.1 Å². The van der Waals surface area contributed by atoms with Gasteiger partial charge in [-0.25, -0.2) is 4.79 Å². The number of benzene rings is 3. The van der Waals surface area contributed by atoms with Crippen molar-refractivity contribution in [2.24, 2.45) is 0 Å². The van der Waals surface area contributed by atoms with E-state index in [-0.39, 0.29) is 30.8 Å². The molecule has 3 aromatic carbocycles. The number of rotatable bonds is 6. The first kappa shape index (κ1) is 20.3. The van der Waals surface area contributed by atoms with Gasteiger partial charge in [0.15, 0.2) is 0 Å². The minimum atomic E-state index is -0.408. The largest absolute Gasteiger partial charge is 0.348 e. The molecule has 6 heteroatoms. The summed E-state index contributed by atoms with van der Waals surface area (Å²) in [6.45, 7) is 0.616. The van der Waals surface area contributed by atoms with Gasteiger partial charge in [0.25, 0.3) is 5.91 Å². The Morgan fingerprint density at radius 3 is 2.16 bits per heavy atom. The zero-order valence-corrected chi connectivity index (χ0v) is 17.0. The SMILES string of the molecule is O=C(NCc1ccccc1)c1ccc(CN2C(=O)CC(c3ccccc3)NC2=O)cc1. The summed E-state index contributed by atoms with van der Waals surface area (Å²) in [6, 6.07) is 25.4. The standard InChI is InChI=1S/C25H23N3O3/c29-23-15-22(20-9-5-2-6-10-20)27-25(31)28(23)17-19-11-13-21(14-12-19)24(30)26-16-18-7-3-1-4-8-18/h1-14,22H,15-17H2,(H,26,30)(H,27,31). The van der Waals surface area contributed by atoms with Crippen LogP contribution in [0.5, 0.6) is 0 Å². The fraction of sp³-hybridized carbons (Fsp3) is 0.160. The molecule has 156 valence electrons. The summed E-state index contributed by atoms with van der Waals surface area (Å²) in [5, 5.41) is 5.78. The van der Waals surface area contributed by atoms with Gasteiger partial charge >= 0.3 is 6.03 Å². The molecule has 0 spiro atoms. The van der Waals surface area contributed by atoms with Crippen LogP contribution in [0.4, 0.5) is 4.79 Å². The molecule has 0 bridgehead atoms. The van der Waals surface area contributed by atoms with Crippen LogP contribution in [-0.4, -0.2) is 22.7 Å². The van der Waals surface area contributed by atoms with Crippen LogP contribution >= 0.6 is 0 Å². The van der Waals surface area contributed by atoms with Crippen molar-refractivity contribution in [2.75, 3.05) is 0 Å². The van der Waals surface area contributed by atoms with Crippen LogP contribution in [0.25, 0.3) is 0 Å². The van der Waals surface area contributed by atoms with Crippen molar-refractivity contribution >= 4 is 17.8 Å². The molecule has 2 N–H and O–H groups in total. The van der Waals surface area contributed by atoms with Gasteiger partial charge in [0.1, 0.15) is 0 Å². The van der Waals surface area contributed by atoms with Gasteiger partial charge in [-0.1, -0.05) is 72.8 Å². The zero-order chi connectivity index (χ0) is 21.6. The molecule has 1 aliphatic heterocycles. The molecule has 1 heterocycles. The lowest BCUT2D eigenvalue weighted by Gasteiger charge is -2.31. The molecule has 0 aliphatic carbocycles. The molecule has 31 heavy (non-hydrogen) atoms. The molecule has 1 saturated heterocycles. The van der Waals surface area contributed by atoms with E-state index in [1.165, 1.54) is 4.90 Å². The van der Waals surface area contributed by atoms with Gasteiger partial charge in [0.05, 0.1) is 19.0 Å². The highest BCUT2D eigenvalue weighted by Crippen LogP contribution is 2.23. The lowest BCUT2D eigenvalue weighted by atomic mass is 10.0. The molecule has 1 fully saturated rings. The molecule has 4 rings (SSSR count). The highest BCUT2D eigenvalue weighted by Gasteiger charge is 2.32. The molecular weight excluding hydrogens is 390 g/mol. The Kier molecular flexibility index (Phi) is 6.08. The fourth-order valence-electron chi connectivity index (χ4n) is 3.55. The van der Waals surface area contributed by atoms with E-state index in [1.54, 1.807) is 24.3 Å². The van der Waals surface area contributed by atoms with E-state index < -0.39 is 6.03 Å². The van der Waals surface area contributed by atoms with Crippen molar-refractivity contribution in [1.29, 1.82) is 0 Å². The predicted octanol–water partition coefficient (Wildman–Crippen LogP) is 3.80. The lowest BCUT2D eigenvalue weighted by molar-refractivity contribution is -0.130. The van der Waals surface area contributed by atoms with Crippen LogP contribution in [0, 0.1) is 0 Å². The molecule has 0 saturated carbocycles. The molecule has 0 radical (unpaired) electrons. The first-order chi connectivity index (χ1) is 15.1. The summed E-state index contributed by atoms with van der Waals surface area (Å²) in [4.78, 5) is 38.7. The van der Waals surface area contributed by atoms with Crippen molar-refractivity contribution < 1.29 is 14.4 Å². The number of nitrogens with zero attached hydrogens (tertiary/aromatic N) is 1. The molecule has 4 amide bonds. The monoisotopic (exact) mass is 413 g/mol. The number of imide groups is 1. The molecule has 1 unspecified atom stereocenters. The topological polar surface area (TPSA) is 78.5 Å². The third-order valence-electron chi connectivity index (χ3n) is 5.28. The zero-order valence-electron chi connectivity index (χ0n) is 17.0. The maximum atomic E-state index is 12.6. The second kappa shape index (κ2) is 9.26. The Morgan fingerprint density at radius 1 is 0.871 bits per heavy atom. The second-order valence-electron chi connectivity index (χ2n) is 7.46. The third kappa shape index (κ3) is 4.98. The summed E-state index contributed by atoms with van der Waals surface area (Å²) in [5.74, 6) is -0.393. The molecular formula is C25H23N3O3. The highest BCUT2D eigenvalue weighted by atomic mass is 16.2. The maximum Gasteiger partial charge on any atom is 0.324 e. The lowest BCUT2D eigenvalue weighted by Crippen LogP contribution is -2.50. The number of hydrogen-bond acceptors (Lipinski definition) is 3. The van der Waals surface area contributed by atoms with Crippen LogP contribution in [-0.2, 0) is 17.9 Å². The summed E-state index contributed by atoms with van der Waals surface area (Å²) in [7, 11) is 0. The Labute approximate surface area is 180 Å². The van der Waals surface area contributed by atoms with E-state index in [1.807, 2.05) is 60.7 Å². The Balaban J connectivity index is 1.35. The summed E-state index contributed by atoms with van der Waals surface area (Å²) in [6.07, 6.45) is 0.218. The number of carbonyl (C=O) groups excluding carboxylic acids is 3. The van der Waals surface area contributed by atoms with Gasteiger partial charge < -0.3 is 10.6 Å². The third-order valence-corrected chi connectivity index (χ3v) is 5.28. The van der Waals surface area contributed by atoms with Crippen molar-refractivity contribution in [1.82, 2.24) is 15.5 Å². The average Bonchev–Trinajstić information content (AvgIpc) is 2.81. The van der Waals surface area contributed by atoms with Gasteiger partial charge in [-0.05, 0) is 28.8 Å². The number of urea groups is 1. The van der Waals surface area contributed by atoms with Crippen LogP contribution in [0.3, 0.4) is 0 Å². The van der Waals surface area contributed by atoms with E-state index in [9.17, 15) is 14.4 Å². The van der Waals surface area contributed by atoms with Gasteiger partial charge in [-0.3, -0.25) is 14.5 Å². The number of hydrogen-bond donors (Lipinski definition) is 2. The van der Waals surface area contributed by atoms with Crippen molar-refractivity contribution in [2.45, 2.75) is 25.6 Å². The van der Waals surface area contributed by atoms with Gasteiger partial charge in [0.2, 0.25) is 5.91 Å². The summed E-state index contributed by atoms with van der Waals surface area (Å²) >= 11 is 0. The number of carbonyl (C=O) groups is 3. The minimum absolute atomic E-state index is 0.165. The van der Waals surface area contributed by atoms with Crippen LogP contribution < -0.4 is 10.6 Å². The van der Waals surface area contributed by atoms with Gasteiger partial charge in [-0.2, -0.15) is 0 Å². The second-order valence-corrected chi connectivity index (χ2v) is 7.46. The van der Waals surface area contributed by atoms with E-state index in [0.29, 0.717) is 12.1 Å². The van der Waals surface area contributed by atoms with Crippen LogP contribution in [0.2, 0.25) is 0 Å². The van der Waals surface area contributed by atoms with Crippen molar-refractivity contribution in [3.05, 3.63) is 107 Å². The van der Waals surface area contributed by atoms with E-state index in [4.69, 9.17) is 0 Å². The van der Waals surface area contributed by atoms with Crippen LogP contribution in [0.15, 0.2) is 84.9 Å². The molecule has 1 atom stereocenters. The van der Waals surface area contributed by atoms with Gasteiger partial charge in [-0.15, -0.1) is 0 Å².